The molecule has 1 aliphatic rings. The third-order valence-electron chi connectivity index (χ3n) is 3.85. The van der Waals surface area contributed by atoms with Crippen molar-refractivity contribution < 1.29 is 9.53 Å². The molecule has 1 saturated heterocycles. The van der Waals surface area contributed by atoms with Crippen molar-refractivity contribution in [1.29, 1.82) is 0 Å². The van der Waals surface area contributed by atoms with Gasteiger partial charge in [0.25, 0.3) is 0 Å². The van der Waals surface area contributed by atoms with E-state index in [2.05, 4.69) is 25.1 Å². The molecular formula is C16H20ClN5O2S. The van der Waals surface area contributed by atoms with Crippen molar-refractivity contribution in [3.05, 3.63) is 29.2 Å². The van der Waals surface area contributed by atoms with Crippen molar-refractivity contribution in [2.24, 2.45) is 0 Å². The van der Waals surface area contributed by atoms with Crippen molar-refractivity contribution in [3.8, 4) is 0 Å². The van der Waals surface area contributed by atoms with Gasteiger partial charge in [-0.25, -0.2) is 4.98 Å². The predicted molar refractivity (Wildman–Crippen MR) is 97.0 cm³/mol. The van der Waals surface area contributed by atoms with E-state index in [1.165, 1.54) is 18.0 Å². The summed E-state index contributed by atoms with van der Waals surface area (Å²) in [6.07, 6.45) is 4.63. The Kier molecular flexibility index (Phi) is 6.28. The van der Waals surface area contributed by atoms with Gasteiger partial charge in [-0.1, -0.05) is 30.3 Å². The normalized spacial score (nSPS) is 17.0. The maximum atomic E-state index is 12.1. The number of aromatic nitrogens is 4. The molecule has 2 aromatic heterocycles. The Hall–Kier alpha value is -1.64. The number of carbonyl (C=O) groups excluding carboxylic acids is 1. The van der Waals surface area contributed by atoms with Gasteiger partial charge in [-0.15, -0.1) is 10.2 Å². The minimum atomic E-state index is -0.149. The van der Waals surface area contributed by atoms with Gasteiger partial charge in [-0.3, -0.25) is 4.79 Å². The molecule has 3 rings (SSSR count). The second kappa shape index (κ2) is 8.64. The largest absolute Gasteiger partial charge is 0.376 e. The first kappa shape index (κ1) is 18.2. The van der Waals surface area contributed by atoms with E-state index < -0.39 is 0 Å². The standard InChI is InChI=1S/C16H20ClN5O2S/c1-2-14-20-21-16(22(14)9-12-4-3-7-24-12)25-10-15(23)19-13-6-5-11(17)8-18-13/h5-6,8,12H,2-4,7,9-10H2,1H3,(H,18,19,23)/t12-/m1/s1. The van der Waals surface area contributed by atoms with Crippen LogP contribution in [0.3, 0.4) is 0 Å². The number of anilines is 1. The molecule has 7 nitrogen and oxygen atoms in total. The highest BCUT2D eigenvalue weighted by atomic mass is 35.5. The van der Waals surface area contributed by atoms with Crippen molar-refractivity contribution in [2.75, 3.05) is 17.7 Å². The van der Waals surface area contributed by atoms with E-state index >= 15 is 0 Å². The smallest absolute Gasteiger partial charge is 0.236 e. The molecule has 1 N–H and O–H groups in total. The zero-order valence-corrected chi connectivity index (χ0v) is 15.5. The first-order chi connectivity index (χ1) is 12.2. The number of ether oxygens (including phenoxy) is 1. The average Bonchev–Trinajstić information content (AvgIpc) is 3.25. The number of nitrogens with one attached hydrogen (secondary N) is 1. The summed E-state index contributed by atoms with van der Waals surface area (Å²) >= 11 is 7.15. The van der Waals surface area contributed by atoms with Crippen LogP contribution in [0.2, 0.25) is 5.02 Å². The molecule has 0 aromatic carbocycles. The summed E-state index contributed by atoms with van der Waals surface area (Å²) < 4.78 is 7.77. The molecule has 1 amide bonds. The van der Waals surface area contributed by atoms with Crippen LogP contribution < -0.4 is 5.32 Å². The monoisotopic (exact) mass is 381 g/mol. The Bertz CT molecular complexity index is 716. The number of amides is 1. The van der Waals surface area contributed by atoms with E-state index in [1.54, 1.807) is 12.1 Å². The molecule has 3 heterocycles. The maximum absolute atomic E-state index is 12.1. The first-order valence-corrected chi connectivity index (χ1v) is 9.60. The average molecular weight is 382 g/mol. The Morgan fingerprint density at radius 3 is 3.04 bits per heavy atom. The molecule has 0 saturated carbocycles. The lowest BCUT2D eigenvalue weighted by molar-refractivity contribution is -0.113. The van der Waals surface area contributed by atoms with Crippen LogP contribution in [0.1, 0.15) is 25.6 Å². The van der Waals surface area contributed by atoms with E-state index in [0.717, 1.165) is 43.4 Å². The van der Waals surface area contributed by atoms with E-state index in [-0.39, 0.29) is 17.8 Å². The number of thioether (sulfide) groups is 1. The summed E-state index contributed by atoms with van der Waals surface area (Å²) in [7, 11) is 0. The Balaban J connectivity index is 1.59. The second-order valence-electron chi connectivity index (χ2n) is 5.70. The van der Waals surface area contributed by atoms with Gasteiger partial charge < -0.3 is 14.6 Å². The maximum Gasteiger partial charge on any atom is 0.236 e. The van der Waals surface area contributed by atoms with Crippen LogP contribution in [0.15, 0.2) is 23.5 Å². The number of halogens is 1. The van der Waals surface area contributed by atoms with Crippen LogP contribution in [0.25, 0.3) is 0 Å². The van der Waals surface area contributed by atoms with Crippen LogP contribution in [-0.4, -0.2) is 44.1 Å². The van der Waals surface area contributed by atoms with Crippen LogP contribution >= 0.6 is 23.4 Å². The molecule has 0 aliphatic carbocycles. The number of carbonyl (C=O) groups is 1. The molecule has 1 aliphatic heterocycles. The van der Waals surface area contributed by atoms with Gasteiger partial charge in [-0.05, 0) is 25.0 Å². The number of hydrogen-bond acceptors (Lipinski definition) is 6. The molecule has 0 bridgehead atoms. The highest BCUT2D eigenvalue weighted by molar-refractivity contribution is 7.99. The van der Waals surface area contributed by atoms with Gasteiger partial charge in [0.05, 0.1) is 23.4 Å². The number of aryl methyl sites for hydroxylation is 1. The lowest BCUT2D eigenvalue weighted by atomic mass is 10.2. The van der Waals surface area contributed by atoms with Gasteiger partial charge in [-0.2, -0.15) is 0 Å². The van der Waals surface area contributed by atoms with Crippen molar-refractivity contribution in [2.45, 2.75) is 44.0 Å². The Labute approximate surface area is 155 Å². The number of nitrogens with zero attached hydrogens (tertiary/aromatic N) is 4. The van der Waals surface area contributed by atoms with Gasteiger partial charge in [0.15, 0.2) is 5.16 Å². The first-order valence-electron chi connectivity index (χ1n) is 8.23. The van der Waals surface area contributed by atoms with Crippen molar-refractivity contribution in [1.82, 2.24) is 19.7 Å². The van der Waals surface area contributed by atoms with Gasteiger partial charge in [0.2, 0.25) is 5.91 Å². The number of hydrogen-bond donors (Lipinski definition) is 1. The SMILES string of the molecule is CCc1nnc(SCC(=O)Nc2ccc(Cl)cn2)n1C[C@H]1CCCO1. The summed E-state index contributed by atoms with van der Waals surface area (Å²) in [5.74, 6) is 1.48. The molecule has 0 unspecified atom stereocenters. The Morgan fingerprint density at radius 1 is 1.48 bits per heavy atom. The highest BCUT2D eigenvalue weighted by Crippen LogP contribution is 2.22. The quantitative estimate of drug-likeness (QED) is 0.742. The topological polar surface area (TPSA) is 81.9 Å². The van der Waals surface area contributed by atoms with Crippen LogP contribution in [0.5, 0.6) is 0 Å². The van der Waals surface area contributed by atoms with Crippen LogP contribution in [0, 0.1) is 0 Å². The molecule has 0 radical (unpaired) electrons. The number of rotatable bonds is 7. The predicted octanol–water partition coefficient (Wildman–Crippen LogP) is 2.80. The summed E-state index contributed by atoms with van der Waals surface area (Å²) in [6.45, 7) is 3.59. The summed E-state index contributed by atoms with van der Waals surface area (Å²) in [5, 5.41) is 12.5. The van der Waals surface area contributed by atoms with Crippen molar-refractivity contribution >= 4 is 35.1 Å². The molecule has 0 spiro atoms. The molecule has 25 heavy (non-hydrogen) atoms. The summed E-state index contributed by atoms with van der Waals surface area (Å²) in [4.78, 5) is 16.2. The van der Waals surface area contributed by atoms with E-state index in [0.29, 0.717) is 10.8 Å². The zero-order chi connectivity index (χ0) is 17.6. The molecule has 1 atom stereocenters. The van der Waals surface area contributed by atoms with Gasteiger partial charge in [0.1, 0.15) is 11.6 Å². The summed E-state index contributed by atoms with van der Waals surface area (Å²) in [6, 6.07) is 3.35. The van der Waals surface area contributed by atoms with E-state index in [9.17, 15) is 4.79 Å². The highest BCUT2D eigenvalue weighted by Gasteiger charge is 2.21. The van der Waals surface area contributed by atoms with Crippen molar-refractivity contribution in [3.63, 3.8) is 0 Å². The summed E-state index contributed by atoms with van der Waals surface area (Å²) in [5.41, 5.74) is 0. The molecule has 2 aromatic rings. The van der Waals surface area contributed by atoms with E-state index in [4.69, 9.17) is 16.3 Å². The van der Waals surface area contributed by atoms with Crippen LogP contribution in [-0.2, 0) is 22.5 Å². The number of pyridine rings is 1. The molecule has 1 fully saturated rings. The fraction of sp³-hybridized carbons (Fsp3) is 0.500. The van der Waals surface area contributed by atoms with Gasteiger partial charge in [0, 0.05) is 19.2 Å². The minimum absolute atomic E-state index is 0.149. The molecular weight excluding hydrogens is 362 g/mol. The Morgan fingerprint density at radius 2 is 2.36 bits per heavy atom. The van der Waals surface area contributed by atoms with Crippen LogP contribution in [0.4, 0.5) is 5.82 Å². The minimum Gasteiger partial charge on any atom is -0.376 e. The zero-order valence-electron chi connectivity index (χ0n) is 13.9. The fourth-order valence-electron chi connectivity index (χ4n) is 2.62. The molecule has 134 valence electrons. The third kappa shape index (κ3) is 4.93. The second-order valence-corrected chi connectivity index (χ2v) is 7.08. The fourth-order valence-corrected chi connectivity index (χ4v) is 3.50. The van der Waals surface area contributed by atoms with Gasteiger partial charge >= 0.3 is 0 Å². The van der Waals surface area contributed by atoms with E-state index in [1.807, 2.05) is 6.92 Å². The lowest BCUT2D eigenvalue weighted by Gasteiger charge is -2.14. The molecule has 9 heteroatoms. The third-order valence-corrected chi connectivity index (χ3v) is 5.04. The lowest BCUT2D eigenvalue weighted by Crippen LogP contribution is -2.19.